The summed E-state index contributed by atoms with van der Waals surface area (Å²) in [5, 5.41) is 3.57. The fourth-order valence-corrected chi connectivity index (χ4v) is 4.27. The molecule has 4 nitrogen and oxygen atoms in total. The molecule has 2 aliphatic heterocycles. The second kappa shape index (κ2) is 6.35. The number of piperidine rings is 1. The first-order valence-electron chi connectivity index (χ1n) is 7.46. The van der Waals surface area contributed by atoms with E-state index in [9.17, 15) is 13.2 Å². The Morgan fingerprint density at radius 2 is 1.84 bits per heavy atom. The predicted octanol–water partition coefficient (Wildman–Crippen LogP) is 1.69. The fourth-order valence-electron chi connectivity index (χ4n) is 3.40. The van der Waals surface area contributed by atoms with Crippen molar-refractivity contribution in [1.82, 2.24) is 5.32 Å². The Kier molecular flexibility index (Phi) is 5.01. The van der Waals surface area contributed by atoms with Crippen LogP contribution in [0, 0.1) is 5.92 Å². The molecule has 5 heteroatoms. The van der Waals surface area contributed by atoms with Gasteiger partial charge in [-0.2, -0.15) is 0 Å². The molecule has 2 rings (SSSR count). The van der Waals surface area contributed by atoms with Gasteiger partial charge in [-0.05, 0) is 38.0 Å². The zero-order chi connectivity index (χ0) is 13.9. The summed E-state index contributed by atoms with van der Waals surface area (Å²) in [4.78, 5) is 11.9. The van der Waals surface area contributed by atoms with Crippen molar-refractivity contribution in [2.24, 2.45) is 5.92 Å². The molecule has 0 spiro atoms. The van der Waals surface area contributed by atoms with E-state index >= 15 is 0 Å². The summed E-state index contributed by atoms with van der Waals surface area (Å²) in [5.41, 5.74) is 0. The zero-order valence-electron chi connectivity index (χ0n) is 11.7. The van der Waals surface area contributed by atoms with Gasteiger partial charge in [0.15, 0.2) is 0 Å². The molecule has 0 aromatic rings. The summed E-state index contributed by atoms with van der Waals surface area (Å²) >= 11 is 0. The monoisotopic (exact) mass is 287 g/mol. The lowest BCUT2D eigenvalue weighted by Gasteiger charge is -2.28. The van der Waals surface area contributed by atoms with Gasteiger partial charge in [-0.15, -0.1) is 0 Å². The Hall–Kier alpha value is -0.420. The number of Topliss-reactive ketones (excluding diaryl/α,β-unsaturated/α-hetero) is 1. The summed E-state index contributed by atoms with van der Waals surface area (Å²) in [6, 6.07) is 1.24. The molecular formula is C14H25NO3S. The number of ketones is 1. The highest BCUT2D eigenvalue weighted by Gasteiger charge is 2.33. The molecule has 0 radical (unpaired) electrons. The van der Waals surface area contributed by atoms with E-state index in [0.717, 1.165) is 12.8 Å². The number of nitrogens with one attached hydrogen (secondary N) is 1. The highest BCUT2D eigenvalue weighted by atomic mass is 32.2. The van der Waals surface area contributed by atoms with Crippen LogP contribution < -0.4 is 5.32 Å². The van der Waals surface area contributed by atoms with Crippen LogP contribution in [-0.4, -0.2) is 37.8 Å². The van der Waals surface area contributed by atoms with Gasteiger partial charge in [0.2, 0.25) is 0 Å². The zero-order valence-corrected chi connectivity index (χ0v) is 12.5. The van der Waals surface area contributed by atoms with Crippen LogP contribution in [0.3, 0.4) is 0 Å². The molecule has 2 aliphatic rings. The first kappa shape index (κ1) is 15.0. The van der Waals surface area contributed by atoms with E-state index in [1.54, 1.807) is 6.92 Å². The summed E-state index contributed by atoms with van der Waals surface area (Å²) in [5.74, 6) is 1.11. The van der Waals surface area contributed by atoms with Gasteiger partial charge in [-0.3, -0.25) is 4.79 Å². The Labute approximate surface area is 116 Å². The van der Waals surface area contributed by atoms with Crippen molar-refractivity contribution < 1.29 is 13.2 Å². The average molecular weight is 287 g/mol. The van der Waals surface area contributed by atoms with Crippen molar-refractivity contribution in [3.8, 4) is 0 Å². The molecule has 2 bridgehead atoms. The number of carbonyl (C=O) groups excluding carboxylic acids is 1. The molecule has 0 aromatic carbocycles. The van der Waals surface area contributed by atoms with Crippen LogP contribution in [-0.2, 0) is 14.6 Å². The van der Waals surface area contributed by atoms with Gasteiger partial charge in [0.25, 0.3) is 0 Å². The molecule has 2 saturated heterocycles. The Morgan fingerprint density at radius 1 is 1.21 bits per heavy atom. The van der Waals surface area contributed by atoms with Crippen LogP contribution in [0.2, 0.25) is 0 Å². The topological polar surface area (TPSA) is 63.2 Å². The minimum atomic E-state index is -2.92. The largest absolute Gasteiger partial charge is 0.311 e. The van der Waals surface area contributed by atoms with Gasteiger partial charge >= 0.3 is 0 Å². The molecule has 2 unspecified atom stereocenters. The molecule has 19 heavy (non-hydrogen) atoms. The van der Waals surface area contributed by atoms with Gasteiger partial charge in [0, 0.05) is 30.7 Å². The quantitative estimate of drug-likeness (QED) is 0.774. The second-order valence-corrected chi connectivity index (χ2v) is 8.53. The minimum Gasteiger partial charge on any atom is -0.311 e. The van der Waals surface area contributed by atoms with E-state index in [1.165, 1.54) is 12.8 Å². The Balaban J connectivity index is 1.67. The van der Waals surface area contributed by atoms with Crippen LogP contribution >= 0.6 is 0 Å². The molecule has 1 N–H and O–H groups in total. The summed E-state index contributed by atoms with van der Waals surface area (Å²) in [6.07, 6.45) is 6.32. The van der Waals surface area contributed by atoms with E-state index in [4.69, 9.17) is 0 Å². The number of carbonyl (C=O) groups is 1. The summed E-state index contributed by atoms with van der Waals surface area (Å²) < 4.78 is 22.7. The highest BCUT2D eigenvalue weighted by molar-refractivity contribution is 7.91. The summed E-state index contributed by atoms with van der Waals surface area (Å²) in [7, 11) is -2.92. The van der Waals surface area contributed by atoms with Gasteiger partial charge in [0.05, 0.1) is 5.75 Å². The van der Waals surface area contributed by atoms with Crippen molar-refractivity contribution in [1.29, 1.82) is 0 Å². The van der Waals surface area contributed by atoms with E-state index in [1.807, 2.05) is 0 Å². The van der Waals surface area contributed by atoms with Crippen LogP contribution in [0.1, 0.15) is 51.9 Å². The first-order chi connectivity index (χ1) is 8.98. The van der Waals surface area contributed by atoms with Crippen molar-refractivity contribution in [3.05, 3.63) is 0 Å². The number of hydrogen-bond donors (Lipinski definition) is 1. The first-order valence-corrected chi connectivity index (χ1v) is 9.29. The molecule has 0 aliphatic carbocycles. The van der Waals surface area contributed by atoms with Crippen molar-refractivity contribution in [2.75, 3.05) is 11.5 Å². The normalized spacial score (nSPS) is 30.5. The van der Waals surface area contributed by atoms with Crippen LogP contribution in [0.4, 0.5) is 0 Å². The smallest absolute Gasteiger partial charge is 0.150 e. The van der Waals surface area contributed by atoms with Crippen LogP contribution in [0.15, 0.2) is 0 Å². The van der Waals surface area contributed by atoms with Crippen LogP contribution in [0.25, 0.3) is 0 Å². The minimum absolute atomic E-state index is 0.159. The number of hydrogen-bond acceptors (Lipinski definition) is 4. The highest BCUT2D eigenvalue weighted by Crippen LogP contribution is 2.32. The second-order valence-electron chi connectivity index (χ2n) is 6.06. The van der Waals surface area contributed by atoms with Gasteiger partial charge in [0.1, 0.15) is 15.6 Å². The lowest BCUT2D eigenvalue weighted by Crippen LogP contribution is -2.38. The standard InChI is InChI=1S/C14H25NO3S/c1-2-19(17,18)7-3-4-14(16)10-11-8-12-5-6-13(9-11)15-12/h11-13,15H,2-10H2,1H3. The molecule has 0 aromatic heterocycles. The maximum absolute atomic E-state index is 11.9. The Morgan fingerprint density at radius 3 is 2.42 bits per heavy atom. The van der Waals surface area contributed by atoms with E-state index in [2.05, 4.69) is 5.32 Å². The number of rotatable bonds is 7. The maximum atomic E-state index is 11.9. The van der Waals surface area contributed by atoms with Crippen molar-refractivity contribution in [2.45, 2.75) is 64.0 Å². The molecule has 0 amide bonds. The van der Waals surface area contributed by atoms with E-state index in [0.29, 0.717) is 37.3 Å². The van der Waals surface area contributed by atoms with E-state index in [-0.39, 0.29) is 17.3 Å². The number of fused-ring (bicyclic) bond motifs is 2. The maximum Gasteiger partial charge on any atom is 0.150 e. The molecule has 2 fully saturated rings. The third-order valence-corrected chi connectivity index (χ3v) is 6.23. The molecule has 2 atom stereocenters. The van der Waals surface area contributed by atoms with Crippen molar-refractivity contribution >= 4 is 15.6 Å². The number of sulfone groups is 1. The molecule has 0 saturated carbocycles. The average Bonchev–Trinajstić information content (AvgIpc) is 2.68. The lowest BCUT2D eigenvalue weighted by atomic mass is 9.87. The Bertz CT molecular complexity index is 406. The SMILES string of the molecule is CCS(=O)(=O)CCCC(=O)CC1CC2CCC(C1)N2. The van der Waals surface area contributed by atoms with E-state index < -0.39 is 9.84 Å². The third kappa shape index (κ3) is 4.56. The van der Waals surface area contributed by atoms with Gasteiger partial charge < -0.3 is 5.32 Å². The fraction of sp³-hybridized carbons (Fsp3) is 0.929. The summed E-state index contributed by atoms with van der Waals surface area (Å²) in [6.45, 7) is 1.65. The van der Waals surface area contributed by atoms with Crippen molar-refractivity contribution in [3.63, 3.8) is 0 Å². The molecule has 2 heterocycles. The molecule has 110 valence electrons. The van der Waals surface area contributed by atoms with Crippen LogP contribution in [0.5, 0.6) is 0 Å². The molecular weight excluding hydrogens is 262 g/mol. The predicted molar refractivity (Wildman–Crippen MR) is 75.9 cm³/mol. The van der Waals surface area contributed by atoms with Gasteiger partial charge in [-0.25, -0.2) is 8.42 Å². The lowest BCUT2D eigenvalue weighted by molar-refractivity contribution is -0.120. The third-order valence-electron chi connectivity index (χ3n) is 4.44. The van der Waals surface area contributed by atoms with Gasteiger partial charge in [-0.1, -0.05) is 6.92 Å².